The van der Waals surface area contributed by atoms with Crippen LogP contribution in [0.1, 0.15) is 32.4 Å². The first-order chi connectivity index (χ1) is 9.36. The molecule has 1 heterocycles. The molecule has 1 aromatic carbocycles. The van der Waals surface area contributed by atoms with Crippen LogP contribution in [0, 0.1) is 11.8 Å². The minimum absolute atomic E-state index is 0.221. The van der Waals surface area contributed by atoms with E-state index in [9.17, 15) is 8.42 Å². The molecule has 1 aliphatic rings. The summed E-state index contributed by atoms with van der Waals surface area (Å²) in [6.45, 7) is 7.51. The van der Waals surface area contributed by atoms with Gasteiger partial charge < -0.3 is 5.32 Å². The maximum absolute atomic E-state index is 12.6. The van der Waals surface area contributed by atoms with Crippen molar-refractivity contribution >= 4 is 10.0 Å². The number of hydrogen-bond acceptors (Lipinski definition) is 3. The van der Waals surface area contributed by atoms with E-state index in [1.54, 1.807) is 16.4 Å². The molecule has 1 aromatic rings. The van der Waals surface area contributed by atoms with Crippen molar-refractivity contribution in [3.63, 3.8) is 0 Å². The Hall–Kier alpha value is -0.910. The number of hydrogen-bond donors (Lipinski definition) is 1. The van der Waals surface area contributed by atoms with Crippen molar-refractivity contribution in [2.45, 2.75) is 31.7 Å². The molecule has 112 valence electrons. The van der Waals surface area contributed by atoms with Crippen molar-refractivity contribution in [2.75, 3.05) is 20.1 Å². The highest BCUT2D eigenvalue weighted by molar-refractivity contribution is 7.89. The lowest BCUT2D eigenvalue weighted by Crippen LogP contribution is -2.29. The Bertz CT molecular complexity index is 544. The molecular weight excluding hydrogens is 272 g/mol. The molecule has 0 aliphatic carbocycles. The van der Waals surface area contributed by atoms with E-state index in [0.29, 0.717) is 29.8 Å². The minimum atomic E-state index is -3.34. The lowest BCUT2D eigenvalue weighted by atomic mass is 10.0. The quantitative estimate of drug-likeness (QED) is 0.927. The minimum Gasteiger partial charge on any atom is -0.313 e. The summed E-state index contributed by atoms with van der Waals surface area (Å²) in [6, 6.07) is 7.42. The predicted octanol–water partition coefficient (Wildman–Crippen LogP) is 2.24. The Morgan fingerprint density at radius 2 is 1.65 bits per heavy atom. The molecule has 0 spiro atoms. The third-order valence-corrected chi connectivity index (χ3v) is 6.25. The molecule has 4 nitrogen and oxygen atoms in total. The second-order valence-corrected chi connectivity index (χ2v) is 7.79. The number of benzene rings is 1. The Morgan fingerprint density at radius 1 is 1.15 bits per heavy atom. The second kappa shape index (κ2) is 5.84. The third kappa shape index (κ3) is 2.90. The van der Waals surface area contributed by atoms with Gasteiger partial charge in [0.2, 0.25) is 10.0 Å². The molecule has 0 aromatic heterocycles. The highest BCUT2D eigenvalue weighted by atomic mass is 32.2. The molecule has 1 fully saturated rings. The molecule has 0 bridgehead atoms. The largest absolute Gasteiger partial charge is 0.313 e. The van der Waals surface area contributed by atoms with Crippen LogP contribution in [-0.4, -0.2) is 32.9 Å². The van der Waals surface area contributed by atoms with Crippen LogP contribution in [0.25, 0.3) is 0 Å². The van der Waals surface area contributed by atoms with E-state index in [0.717, 1.165) is 5.56 Å². The second-order valence-electron chi connectivity index (χ2n) is 5.86. The summed E-state index contributed by atoms with van der Waals surface area (Å²) >= 11 is 0. The fourth-order valence-electron chi connectivity index (χ4n) is 2.52. The van der Waals surface area contributed by atoms with Crippen molar-refractivity contribution in [2.24, 2.45) is 11.8 Å². The summed E-state index contributed by atoms with van der Waals surface area (Å²) in [5.74, 6) is 0.849. The molecule has 5 heteroatoms. The fraction of sp³-hybridized carbons (Fsp3) is 0.600. The molecule has 0 saturated carbocycles. The van der Waals surface area contributed by atoms with Crippen LogP contribution in [0.2, 0.25) is 0 Å². The van der Waals surface area contributed by atoms with E-state index in [-0.39, 0.29) is 6.04 Å². The molecule has 20 heavy (non-hydrogen) atoms. The van der Waals surface area contributed by atoms with Crippen molar-refractivity contribution < 1.29 is 8.42 Å². The van der Waals surface area contributed by atoms with Crippen LogP contribution < -0.4 is 5.32 Å². The van der Waals surface area contributed by atoms with Gasteiger partial charge in [-0.05, 0) is 43.5 Å². The average molecular weight is 296 g/mol. The first-order valence-electron chi connectivity index (χ1n) is 7.13. The van der Waals surface area contributed by atoms with E-state index < -0.39 is 10.0 Å². The zero-order valence-corrected chi connectivity index (χ0v) is 13.4. The Kier molecular flexibility index (Phi) is 4.52. The highest BCUT2D eigenvalue weighted by Crippen LogP contribution is 2.28. The molecule has 1 aliphatic heterocycles. The zero-order chi connectivity index (χ0) is 14.9. The van der Waals surface area contributed by atoms with Crippen LogP contribution in [0.5, 0.6) is 0 Å². The van der Waals surface area contributed by atoms with Crippen molar-refractivity contribution in [3.8, 4) is 0 Å². The number of nitrogens with zero attached hydrogens (tertiary/aromatic N) is 1. The predicted molar refractivity (Wildman–Crippen MR) is 81.0 cm³/mol. The van der Waals surface area contributed by atoms with Gasteiger partial charge in [-0.15, -0.1) is 0 Å². The van der Waals surface area contributed by atoms with E-state index in [4.69, 9.17) is 0 Å². The third-order valence-electron chi connectivity index (χ3n) is 4.41. The Balaban J connectivity index is 2.22. The summed E-state index contributed by atoms with van der Waals surface area (Å²) < 4.78 is 26.8. The van der Waals surface area contributed by atoms with Gasteiger partial charge in [0.1, 0.15) is 0 Å². The van der Waals surface area contributed by atoms with Crippen LogP contribution in [0.4, 0.5) is 0 Å². The molecule has 3 unspecified atom stereocenters. The van der Waals surface area contributed by atoms with Crippen LogP contribution in [-0.2, 0) is 10.0 Å². The van der Waals surface area contributed by atoms with Crippen molar-refractivity contribution in [1.82, 2.24) is 9.62 Å². The van der Waals surface area contributed by atoms with Gasteiger partial charge >= 0.3 is 0 Å². The fourth-order valence-corrected chi connectivity index (χ4v) is 4.16. The molecular formula is C15H24N2O2S. The summed E-state index contributed by atoms with van der Waals surface area (Å²) in [7, 11) is -1.45. The van der Waals surface area contributed by atoms with E-state index in [1.807, 2.05) is 26.1 Å². The van der Waals surface area contributed by atoms with Crippen LogP contribution in [0.15, 0.2) is 29.2 Å². The summed E-state index contributed by atoms with van der Waals surface area (Å²) in [4.78, 5) is 0.394. The number of nitrogens with one attached hydrogen (secondary N) is 1. The smallest absolute Gasteiger partial charge is 0.243 e. The average Bonchev–Trinajstić information content (AvgIpc) is 2.78. The summed E-state index contributed by atoms with van der Waals surface area (Å²) in [5.41, 5.74) is 1.09. The standard InChI is InChI=1S/C15H24N2O2S/c1-11-9-17(10-12(11)2)20(18,19)15-7-5-14(6-8-15)13(3)16-4/h5-8,11-13,16H,9-10H2,1-4H3. The van der Waals surface area contributed by atoms with Gasteiger partial charge in [0.25, 0.3) is 0 Å². The van der Waals surface area contributed by atoms with Crippen molar-refractivity contribution in [3.05, 3.63) is 29.8 Å². The summed E-state index contributed by atoms with van der Waals surface area (Å²) in [6.07, 6.45) is 0. The van der Waals surface area contributed by atoms with E-state index >= 15 is 0 Å². The highest BCUT2D eigenvalue weighted by Gasteiger charge is 2.34. The van der Waals surface area contributed by atoms with Crippen molar-refractivity contribution in [1.29, 1.82) is 0 Å². The molecule has 1 saturated heterocycles. The van der Waals surface area contributed by atoms with Gasteiger partial charge in [0.05, 0.1) is 4.90 Å². The number of rotatable bonds is 4. The topological polar surface area (TPSA) is 49.4 Å². The first kappa shape index (κ1) is 15.5. The maximum atomic E-state index is 12.6. The van der Waals surface area contributed by atoms with Gasteiger partial charge in [-0.2, -0.15) is 4.31 Å². The Labute approximate surface area is 122 Å². The Morgan fingerprint density at radius 3 is 2.10 bits per heavy atom. The van der Waals surface area contributed by atoms with Gasteiger partial charge in [-0.25, -0.2) is 8.42 Å². The van der Waals surface area contributed by atoms with E-state index in [2.05, 4.69) is 19.2 Å². The first-order valence-corrected chi connectivity index (χ1v) is 8.57. The van der Waals surface area contributed by atoms with Gasteiger partial charge in [0.15, 0.2) is 0 Å². The lowest BCUT2D eigenvalue weighted by molar-refractivity contribution is 0.463. The normalized spacial score (nSPS) is 25.8. The maximum Gasteiger partial charge on any atom is 0.243 e. The van der Waals surface area contributed by atoms with Gasteiger partial charge in [0, 0.05) is 19.1 Å². The van der Waals surface area contributed by atoms with Crippen LogP contribution >= 0.6 is 0 Å². The van der Waals surface area contributed by atoms with Crippen LogP contribution in [0.3, 0.4) is 0 Å². The zero-order valence-electron chi connectivity index (χ0n) is 12.6. The molecule has 3 atom stereocenters. The molecule has 0 amide bonds. The monoisotopic (exact) mass is 296 g/mol. The SMILES string of the molecule is CNC(C)c1ccc(S(=O)(=O)N2CC(C)C(C)C2)cc1. The molecule has 1 N–H and O–H groups in total. The van der Waals surface area contributed by atoms with E-state index in [1.165, 1.54) is 0 Å². The van der Waals surface area contributed by atoms with Gasteiger partial charge in [-0.1, -0.05) is 26.0 Å². The van der Waals surface area contributed by atoms with Gasteiger partial charge in [-0.3, -0.25) is 0 Å². The molecule has 0 radical (unpaired) electrons. The summed E-state index contributed by atoms with van der Waals surface area (Å²) in [5, 5.41) is 3.15. The molecule has 2 rings (SSSR count). The number of sulfonamides is 1. The lowest BCUT2D eigenvalue weighted by Gasteiger charge is -2.17.